The number of aromatic nitrogens is 1. The lowest BCUT2D eigenvalue weighted by atomic mass is 9.75. The van der Waals surface area contributed by atoms with E-state index in [1.165, 1.54) is 24.8 Å². The van der Waals surface area contributed by atoms with Crippen molar-refractivity contribution >= 4 is 0 Å². The smallest absolute Gasteiger partial charge is 0.0608 e. The van der Waals surface area contributed by atoms with Crippen molar-refractivity contribution in [3.8, 4) is 0 Å². The maximum atomic E-state index is 6.19. The molecule has 1 aromatic heterocycles. The van der Waals surface area contributed by atoms with E-state index in [0.29, 0.717) is 6.10 Å². The van der Waals surface area contributed by atoms with E-state index < -0.39 is 0 Å². The second-order valence-electron chi connectivity index (χ2n) is 6.77. The number of nitrogens with zero attached hydrogens (tertiary/aromatic N) is 1. The molecular formula is C18H30N2O. The van der Waals surface area contributed by atoms with Crippen LogP contribution in [0, 0.1) is 17.8 Å². The summed E-state index contributed by atoms with van der Waals surface area (Å²) in [6.07, 6.45) is 8.09. The topological polar surface area (TPSA) is 34.1 Å². The van der Waals surface area contributed by atoms with E-state index in [2.05, 4.69) is 37.1 Å². The maximum Gasteiger partial charge on any atom is 0.0608 e. The van der Waals surface area contributed by atoms with Gasteiger partial charge in [0, 0.05) is 25.5 Å². The second kappa shape index (κ2) is 8.50. The Morgan fingerprint density at radius 1 is 1.38 bits per heavy atom. The molecule has 1 saturated carbocycles. The van der Waals surface area contributed by atoms with Gasteiger partial charge >= 0.3 is 0 Å². The number of rotatable bonds is 7. The summed E-state index contributed by atoms with van der Waals surface area (Å²) in [6.45, 7) is 9.60. The number of hydrogen-bond donors (Lipinski definition) is 1. The van der Waals surface area contributed by atoms with Gasteiger partial charge in [-0.05, 0) is 42.2 Å². The highest BCUT2D eigenvalue weighted by molar-refractivity contribution is 5.07. The number of hydrogen-bond acceptors (Lipinski definition) is 3. The highest BCUT2D eigenvalue weighted by atomic mass is 16.5. The number of pyridine rings is 1. The van der Waals surface area contributed by atoms with Gasteiger partial charge in [0.2, 0.25) is 0 Å². The van der Waals surface area contributed by atoms with Gasteiger partial charge in [0.25, 0.3) is 0 Å². The minimum Gasteiger partial charge on any atom is -0.377 e. The average Bonchev–Trinajstić information content (AvgIpc) is 2.48. The van der Waals surface area contributed by atoms with Gasteiger partial charge in [0.1, 0.15) is 0 Å². The minimum absolute atomic E-state index is 0.453. The van der Waals surface area contributed by atoms with Gasteiger partial charge in [-0.2, -0.15) is 0 Å². The Balaban J connectivity index is 1.66. The summed E-state index contributed by atoms with van der Waals surface area (Å²) in [4.78, 5) is 4.12. The molecule has 118 valence electrons. The van der Waals surface area contributed by atoms with Crippen molar-refractivity contribution in [2.24, 2.45) is 17.8 Å². The molecule has 2 rings (SSSR count). The van der Waals surface area contributed by atoms with Crippen LogP contribution in [0.1, 0.15) is 45.6 Å². The summed E-state index contributed by atoms with van der Waals surface area (Å²) in [5, 5.41) is 3.43. The van der Waals surface area contributed by atoms with Crippen molar-refractivity contribution in [2.45, 2.75) is 52.7 Å². The predicted octanol–water partition coefficient (Wildman–Crippen LogP) is 3.65. The molecule has 0 spiro atoms. The van der Waals surface area contributed by atoms with Crippen LogP contribution in [0.15, 0.2) is 24.5 Å². The summed E-state index contributed by atoms with van der Waals surface area (Å²) in [5.41, 5.74) is 1.23. The summed E-state index contributed by atoms with van der Waals surface area (Å²) in [7, 11) is 0. The van der Waals surface area contributed by atoms with Gasteiger partial charge in [-0.1, -0.05) is 33.3 Å². The molecule has 21 heavy (non-hydrogen) atoms. The van der Waals surface area contributed by atoms with Crippen molar-refractivity contribution in [3.63, 3.8) is 0 Å². The van der Waals surface area contributed by atoms with Crippen molar-refractivity contribution in [2.75, 3.05) is 13.2 Å². The van der Waals surface area contributed by atoms with E-state index in [-0.39, 0.29) is 0 Å². The lowest BCUT2D eigenvalue weighted by Crippen LogP contribution is -2.35. The fourth-order valence-corrected chi connectivity index (χ4v) is 3.32. The van der Waals surface area contributed by atoms with Crippen molar-refractivity contribution < 1.29 is 4.74 Å². The Bertz CT molecular complexity index is 393. The summed E-state index contributed by atoms with van der Waals surface area (Å²) >= 11 is 0. The van der Waals surface area contributed by atoms with Crippen LogP contribution in [0.25, 0.3) is 0 Å². The normalized spacial score (nSPS) is 26.2. The predicted molar refractivity (Wildman–Crippen MR) is 87.0 cm³/mol. The molecule has 0 bridgehead atoms. The van der Waals surface area contributed by atoms with E-state index in [0.717, 1.165) is 37.5 Å². The first-order valence-corrected chi connectivity index (χ1v) is 8.38. The zero-order chi connectivity index (χ0) is 15.1. The number of ether oxygens (including phenoxy) is 1. The van der Waals surface area contributed by atoms with E-state index in [1.807, 2.05) is 18.5 Å². The molecule has 3 atom stereocenters. The van der Waals surface area contributed by atoms with Gasteiger partial charge < -0.3 is 10.1 Å². The Morgan fingerprint density at radius 2 is 2.24 bits per heavy atom. The highest BCUT2D eigenvalue weighted by Gasteiger charge is 2.31. The Kier molecular flexibility index (Phi) is 6.65. The zero-order valence-corrected chi connectivity index (χ0v) is 13.7. The van der Waals surface area contributed by atoms with Crippen molar-refractivity contribution in [1.82, 2.24) is 10.3 Å². The van der Waals surface area contributed by atoms with Crippen LogP contribution in [0.2, 0.25) is 0 Å². The average molecular weight is 290 g/mol. The fourth-order valence-electron chi connectivity index (χ4n) is 3.32. The van der Waals surface area contributed by atoms with E-state index in [1.54, 1.807) is 0 Å². The molecule has 0 amide bonds. The molecule has 1 aliphatic rings. The summed E-state index contributed by atoms with van der Waals surface area (Å²) in [6, 6.07) is 4.07. The Morgan fingerprint density at radius 3 is 2.95 bits per heavy atom. The molecule has 1 heterocycles. The second-order valence-corrected chi connectivity index (χ2v) is 6.77. The molecule has 1 fully saturated rings. The maximum absolute atomic E-state index is 6.19. The molecule has 0 saturated heterocycles. The molecule has 0 aliphatic heterocycles. The lowest BCUT2D eigenvalue weighted by Gasteiger charge is -2.37. The standard InChI is InChI=1S/C18H30N2O/c1-14(2)17-7-6-15(3)11-18(17)21-10-9-20-13-16-5-4-8-19-12-16/h4-5,8,12,14-15,17-18,20H,6-7,9-11,13H2,1-3H3. The van der Waals surface area contributed by atoms with Crippen LogP contribution in [-0.2, 0) is 11.3 Å². The third kappa shape index (κ3) is 5.40. The van der Waals surface area contributed by atoms with Crippen LogP contribution in [0.5, 0.6) is 0 Å². The third-order valence-corrected chi connectivity index (χ3v) is 4.62. The quantitative estimate of drug-likeness (QED) is 0.778. The minimum atomic E-state index is 0.453. The van der Waals surface area contributed by atoms with Crippen LogP contribution in [0.4, 0.5) is 0 Å². The number of nitrogens with one attached hydrogen (secondary N) is 1. The fraction of sp³-hybridized carbons (Fsp3) is 0.722. The Hall–Kier alpha value is -0.930. The van der Waals surface area contributed by atoms with E-state index in [9.17, 15) is 0 Å². The summed E-state index contributed by atoms with van der Waals surface area (Å²) < 4.78 is 6.19. The molecular weight excluding hydrogens is 260 g/mol. The third-order valence-electron chi connectivity index (χ3n) is 4.62. The van der Waals surface area contributed by atoms with E-state index in [4.69, 9.17) is 4.74 Å². The largest absolute Gasteiger partial charge is 0.377 e. The van der Waals surface area contributed by atoms with E-state index >= 15 is 0 Å². The van der Waals surface area contributed by atoms with Crippen LogP contribution < -0.4 is 5.32 Å². The van der Waals surface area contributed by atoms with Gasteiger partial charge in [-0.15, -0.1) is 0 Å². The first-order valence-electron chi connectivity index (χ1n) is 8.38. The highest BCUT2D eigenvalue weighted by Crippen LogP contribution is 2.35. The van der Waals surface area contributed by atoms with Gasteiger partial charge in [-0.25, -0.2) is 0 Å². The monoisotopic (exact) mass is 290 g/mol. The molecule has 0 radical (unpaired) electrons. The lowest BCUT2D eigenvalue weighted by molar-refractivity contribution is -0.0367. The van der Waals surface area contributed by atoms with Crippen LogP contribution >= 0.6 is 0 Å². The van der Waals surface area contributed by atoms with Crippen LogP contribution in [0.3, 0.4) is 0 Å². The molecule has 1 aromatic rings. The zero-order valence-electron chi connectivity index (χ0n) is 13.7. The van der Waals surface area contributed by atoms with Gasteiger partial charge in [-0.3, -0.25) is 4.98 Å². The molecule has 3 heteroatoms. The molecule has 3 nitrogen and oxygen atoms in total. The molecule has 1 aliphatic carbocycles. The van der Waals surface area contributed by atoms with Crippen LogP contribution in [-0.4, -0.2) is 24.2 Å². The van der Waals surface area contributed by atoms with Crippen molar-refractivity contribution in [3.05, 3.63) is 30.1 Å². The SMILES string of the molecule is CC1CCC(C(C)C)C(OCCNCc2cccnc2)C1. The van der Waals surface area contributed by atoms with Gasteiger partial charge in [0.05, 0.1) is 12.7 Å². The molecule has 3 unspecified atom stereocenters. The Labute approximate surface area is 129 Å². The first kappa shape index (κ1) is 16.4. The molecule has 1 N–H and O–H groups in total. The molecule has 0 aromatic carbocycles. The summed E-state index contributed by atoms with van der Waals surface area (Å²) in [5.74, 6) is 2.28. The van der Waals surface area contributed by atoms with Crippen molar-refractivity contribution in [1.29, 1.82) is 0 Å². The van der Waals surface area contributed by atoms with Gasteiger partial charge in [0.15, 0.2) is 0 Å². The first-order chi connectivity index (χ1) is 10.2.